The summed E-state index contributed by atoms with van der Waals surface area (Å²) in [6, 6.07) is -4.18. The molecule has 14 heteroatoms. The summed E-state index contributed by atoms with van der Waals surface area (Å²) in [5.74, 6) is -3.18. The largest absolute Gasteiger partial charge is 0.480 e. The summed E-state index contributed by atoms with van der Waals surface area (Å²) in [5.41, 5.74) is 12.6. The fourth-order valence-electron chi connectivity index (χ4n) is 3.52. The van der Waals surface area contributed by atoms with Crippen LogP contribution in [0.1, 0.15) is 44.5 Å². The SMILES string of the molecule is CC(C)C(N)C(=O)NC(CCCCN)C(=O)NC(Cc1cnc[nH]1)C(=O)NC(Cc1cnc[nH]1)C(=O)O. The third-order valence-electron chi connectivity index (χ3n) is 5.81. The zero-order valence-electron chi connectivity index (χ0n) is 21.1. The number of H-pyrrole nitrogens is 2. The number of aromatic nitrogens is 4. The second-order valence-electron chi connectivity index (χ2n) is 9.14. The highest BCUT2D eigenvalue weighted by Gasteiger charge is 2.31. The van der Waals surface area contributed by atoms with Gasteiger partial charge in [-0.2, -0.15) is 0 Å². The molecule has 2 heterocycles. The number of nitrogens with zero attached hydrogens (tertiary/aromatic N) is 2. The predicted molar refractivity (Wildman–Crippen MR) is 134 cm³/mol. The molecule has 0 aromatic carbocycles. The Hall–Kier alpha value is -3.78. The summed E-state index contributed by atoms with van der Waals surface area (Å²) < 4.78 is 0. The number of nitrogens with one attached hydrogen (secondary N) is 5. The first-order valence-electron chi connectivity index (χ1n) is 12.2. The molecule has 4 unspecified atom stereocenters. The number of unbranched alkanes of at least 4 members (excludes halogenated alkanes) is 1. The Morgan fingerprint density at radius 1 is 0.865 bits per heavy atom. The van der Waals surface area contributed by atoms with Crippen molar-refractivity contribution in [3.63, 3.8) is 0 Å². The molecule has 3 amide bonds. The molecule has 0 fully saturated rings. The maximum atomic E-state index is 13.3. The van der Waals surface area contributed by atoms with Gasteiger partial charge in [-0.05, 0) is 31.7 Å². The van der Waals surface area contributed by atoms with Crippen LogP contribution in [0.25, 0.3) is 0 Å². The predicted octanol–water partition coefficient (Wildman–Crippen LogP) is -1.43. The van der Waals surface area contributed by atoms with Crippen LogP contribution in [0.4, 0.5) is 0 Å². The van der Waals surface area contributed by atoms with Gasteiger partial charge in [0.1, 0.15) is 18.1 Å². The van der Waals surface area contributed by atoms with E-state index in [4.69, 9.17) is 11.5 Å². The number of carboxylic acid groups (broad SMARTS) is 1. The molecule has 2 aromatic rings. The monoisotopic (exact) mass is 519 g/mol. The molecular weight excluding hydrogens is 482 g/mol. The van der Waals surface area contributed by atoms with E-state index >= 15 is 0 Å². The average Bonchev–Trinajstić information content (AvgIpc) is 3.56. The van der Waals surface area contributed by atoms with Gasteiger partial charge >= 0.3 is 5.97 Å². The minimum atomic E-state index is -1.27. The molecule has 2 rings (SSSR count). The van der Waals surface area contributed by atoms with Crippen molar-refractivity contribution < 1.29 is 24.3 Å². The zero-order chi connectivity index (χ0) is 27.4. The smallest absolute Gasteiger partial charge is 0.326 e. The molecule has 204 valence electrons. The number of amides is 3. The summed E-state index contributed by atoms with van der Waals surface area (Å²) in [4.78, 5) is 64.2. The van der Waals surface area contributed by atoms with Crippen LogP contribution in [0, 0.1) is 5.92 Å². The summed E-state index contributed by atoms with van der Waals surface area (Å²) in [5, 5.41) is 17.4. The van der Waals surface area contributed by atoms with Crippen LogP contribution in [0.2, 0.25) is 0 Å². The Balaban J connectivity index is 2.19. The standard InChI is InChI=1S/C23H37N9O5/c1-13(2)19(25)22(35)30-16(5-3-4-6-24)20(33)31-17(7-14-9-26-11-28-14)21(34)32-18(23(36)37)8-15-10-27-12-29-15/h9-13,16-19H,3-8,24-25H2,1-2H3,(H,26,28)(H,27,29)(H,30,35)(H,31,33)(H,32,34)(H,36,37). The zero-order valence-corrected chi connectivity index (χ0v) is 21.1. The number of carbonyl (C=O) groups is 4. The van der Waals surface area contributed by atoms with Gasteiger partial charge in [0.2, 0.25) is 17.7 Å². The summed E-state index contributed by atoms with van der Waals surface area (Å²) in [7, 11) is 0. The fraction of sp³-hybridized carbons (Fsp3) is 0.565. The van der Waals surface area contributed by atoms with Crippen molar-refractivity contribution in [3.05, 3.63) is 36.4 Å². The maximum Gasteiger partial charge on any atom is 0.326 e. The van der Waals surface area contributed by atoms with Crippen molar-refractivity contribution in [2.75, 3.05) is 6.54 Å². The lowest BCUT2D eigenvalue weighted by molar-refractivity contribution is -0.142. The highest BCUT2D eigenvalue weighted by Crippen LogP contribution is 2.07. The molecule has 0 aliphatic heterocycles. The Labute approximate surface area is 214 Å². The van der Waals surface area contributed by atoms with Crippen molar-refractivity contribution in [1.29, 1.82) is 0 Å². The van der Waals surface area contributed by atoms with Crippen LogP contribution in [0.15, 0.2) is 25.0 Å². The number of nitrogens with two attached hydrogens (primary N) is 2. The third kappa shape index (κ3) is 9.65. The van der Waals surface area contributed by atoms with Crippen molar-refractivity contribution in [2.24, 2.45) is 17.4 Å². The number of carboxylic acids is 1. The molecular formula is C23H37N9O5. The highest BCUT2D eigenvalue weighted by molar-refractivity contribution is 5.94. The molecule has 0 bridgehead atoms. The Morgan fingerprint density at radius 2 is 1.38 bits per heavy atom. The number of imidazole rings is 2. The minimum absolute atomic E-state index is 0.0168. The van der Waals surface area contributed by atoms with Crippen molar-refractivity contribution in [1.82, 2.24) is 35.9 Å². The Bertz CT molecular complexity index is 994. The first-order chi connectivity index (χ1) is 17.6. The van der Waals surface area contributed by atoms with Gasteiger partial charge in [-0.15, -0.1) is 0 Å². The highest BCUT2D eigenvalue weighted by atomic mass is 16.4. The topological polar surface area (TPSA) is 234 Å². The van der Waals surface area contributed by atoms with Crippen molar-refractivity contribution in [3.8, 4) is 0 Å². The molecule has 0 saturated heterocycles. The first kappa shape index (κ1) is 29.5. The number of aliphatic carboxylic acids is 1. The van der Waals surface area contributed by atoms with E-state index in [1.165, 1.54) is 25.0 Å². The van der Waals surface area contributed by atoms with Gasteiger partial charge in [-0.3, -0.25) is 14.4 Å². The van der Waals surface area contributed by atoms with Gasteiger partial charge in [0, 0.05) is 36.6 Å². The van der Waals surface area contributed by atoms with Gasteiger partial charge < -0.3 is 42.5 Å². The van der Waals surface area contributed by atoms with Gasteiger partial charge in [0.15, 0.2) is 0 Å². The van der Waals surface area contributed by atoms with Gasteiger partial charge in [-0.1, -0.05) is 13.8 Å². The van der Waals surface area contributed by atoms with Gasteiger partial charge in [-0.25, -0.2) is 14.8 Å². The minimum Gasteiger partial charge on any atom is -0.480 e. The number of hydrogen-bond donors (Lipinski definition) is 8. The quantitative estimate of drug-likeness (QED) is 0.121. The molecule has 14 nitrogen and oxygen atoms in total. The fourth-order valence-corrected chi connectivity index (χ4v) is 3.52. The van der Waals surface area contributed by atoms with E-state index in [1.807, 2.05) is 0 Å². The van der Waals surface area contributed by atoms with Crippen LogP contribution in [-0.4, -0.2) is 79.4 Å². The van der Waals surface area contributed by atoms with Crippen molar-refractivity contribution in [2.45, 2.75) is 70.1 Å². The van der Waals surface area contributed by atoms with Crippen LogP contribution in [-0.2, 0) is 32.0 Å². The van der Waals surface area contributed by atoms with E-state index in [1.54, 1.807) is 13.8 Å². The summed E-state index contributed by atoms with van der Waals surface area (Å²) in [6.07, 6.45) is 7.26. The van der Waals surface area contributed by atoms with E-state index < -0.39 is 47.9 Å². The summed E-state index contributed by atoms with van der Waals surface area (Å²) >= 11 is 0. The van der Waals surface area contributed by atoms with Crippen LogP contribution in [0.5, 0.6) is 0 Å². The normalized spacial score (nSPS) is 14.4. The lowest BCUT2D eigenvalue weighted by atomic mass is 10.0. The van der Waals surface area contributed by atoms with Gasteiger partial charge in [0.25, 0.3) is 0 Å². The lowest BCUT2D eigenvalue weighted by Crippen LogP contribution is -2.58. The van der Waals surface area contributed by atoms with Crippen LogP contribution in [0.3, 0.4) is 0 Å². The molecule has 0 saturated carbocycles. The molecule has 0 aliphatic rings. The molecule has 10 N–H and O–H groups in total. The lowest BCUT2D eigenvalue weighted by Gasteiger charge is -2.25. The van der Waals surface area contributed by atoms with E-state index in [0.717, 1.165) is 0 Å². The number of carbonyl (C=O) groups excluding carboxylic acids is 3. The second-order valence-corrected chi connectivity index (χ2v) is 9.14. The van der Waals surface area contributed by atoms with Crippen LogP contribution < -0.4 is 27.4 Å². The second kappa shape index (κ2) is 14.7. The Kier molecular flexibility index (Phi) is 11.7. The maximum absolute atomic E-state index is 13.3. The molecule has 0 aliphatic carbocycles. The molecule has 0 radical (unpaired) electrons. The average molecular weight is 520 g/mol. The van der Waals surface area contributed by atoms with Crippen LogP contribution >= 0.6 is 0 Å². The number of rotatable bonds is 16. The third-order valence-corrected chi connectivity index (χ3v) is 5.81. The number of aromatic amines is 2. The van der Waals surface area contributed by atoms with Gasteiger partial charge in [0.05, 0.1) is 18.7 Å². The summed E-state index contributed by atoms with van der Waals surface area (Å²) in [6.45, 7) is 4.01. The van der Waals surface area contributed by atoms with E-state index in [-0.39, 0.29) is 25.2 Å². The van der Waals surface area contributed by atoms with Crippen molar-refractivity contribution >= 4 is 23.7 Å². The van der Waals surface area contributed by atoms with E-state index in [0.29, 0.717) is 30.8 Å². The number of hydrogen-bond acceptors (Lipinski definition) is 8. The van der Waals surface area contributed by atoms with E-state index in [9.17, 15) is 24.3 Å². The molecule has 0 spiro atoms. The van der Waals surface area contributed by atoms with E-state index in [2.05, 4.69) is 35.9 Å². The molecule has 2 aromatic heterocycles. The Morgan fingerprint density at radius 3 is 1.86 bits per heavy atom. The molecule has 37 heavy (non-hydrogen) atoms. The molecule has 4 atom stereocenters. The first-order valence-corrected chi connectivity index (χ1v) is 12.2.